The van der Waals surface area contributed by atoms with E-state index in [0.717, 1.165) is 40.5 Å². The van der Waals surface area contributed by atoms with Gasteiger partial charge >= 0.3 is 0 Å². The fourth-order valence-electron chi connectivity index (χ4n) is 4.45. The Hall–Kier alpha value is -2.48. The summed E-state index contributed by atoms with van der Waals surface area (Å²) in [5.41, 5.74) is 7.88. The van der Waals surface area contributed by atoms with E-state index in [9.17, 15) is 9.59 Å². The summed E-state index contributed by atoms with van der Waals surface area (Å²) >= 11 is 13.2. The van der Waals surface area contributed by atoms with Crippen LogP contribution >= 0.6 is 35.2 Å². The lowest BCUT2D eigenvalue weighted by Crippen LogP contribution is -2.34. The van der Waals surface area contributed by atoms with Crippen LogP contribution in [0.4, 0.5) is 5.00 Å². The number of anilines is 1. The molecule has 2 aromatic carbocycles. The van der Waals surface area contributed by atoms with Crippen molar-refractivity contribution in [3.8, 4) is 0 Å². The Morgan fingerprint density at radius 3 is 2.55 bits per heavy atom. The Morgan fingerprint density at radius 1 is 1.15 bits per heavy atom. The van der Waals surface area contributed by atoms with E-state index >= 15 is 0 Å². The maximum atomic E-state index is 13.0. The number of carbonyl (C=O) groups is 2. The minimum Gasteiger partial charge on any atom is -0.365 e. The molecular weight excluding hydrogens is 474 g/mol. The largest absolute Gasteiger partial charge is 0.365 e. The van der Waals surface area contributed by atoms with Crippen LogP contribution in [0.25, 0.3) is 10.8 Å². The molecule has 1 atom stereocenters. The summed E-state index contributed by atoms with van der Waals surface area (Å²) in [6, 6.07) is 10.8. The Labute approximate surface area is 207 Å². The second kappa shape index (κ2) is 9.05. The number of nitrogens with one attached hydrogen (secondary N) is 2. The van der Waals surface area contributed by atoms with Gasteiger partial charge in [-0.05, 0) is 65.9 Å². The molecule has 1 unspecified atom stereocenters. The van der Waals surface area contributed by atoms with Crippen molar-refractivity contribution in [2.24, 2.45) is 17.1 Å². The lowest BCUT2D eigenvalue weighted by molar-refractivity contribution is 0.0977. The highest BCUT2D eigenvalue weighted by atomic mass is 35.5. The number of amides is 2. The normalized spacial score (nSPS) is 15.7. The molecule has 0 bridgehead atoms. The van der Waals surface area contributed by atoms with E-state index in [1.165, 1.54) is 11.3 Å². The van der Waals surface area contributed by atoms with E-state index < -0.39 is 5.91 Å². The smallest absolute Gasteiger partial charge is 0.258 e. The zero-order valence-corrected chi connectivity index (χ0v) is 21.1. The highest BCUT2D eigenvalue weighted by molar-refractivity contribution is 7.80. The maximum Gasteiger partial charge on any atom is 0.258 e. The minimum absolute atomic E-state index is 0.118. The third-order valence-electron chi connectivity index (χ3n) is 6.30. The van der Waals surface area contributed by atoms with E-state index in [1.807, 2.05) is 12.1 Å². The van der Waals surface area contributed by atoms with Gasteiger partial charge in [-0.3, -0.25) is 14.9 Å². The van der Waals surface area contributed by atoms with Gasteiger partial charge < -0.3 is 11.1 Å². The average Bonchev–Trinajstić information content (AvgIpc) is 3.10. The topological polar surface area (TPSA) is 84.2 Å². The maximum absolute atomic E-state index is 13.0. The third-order valence-corrected chi connectivity index (χ3v) is 8.01. The number of fused-ring (bicyclic) bond motifs is 2. The van der Waals surface area contributed by atoms with Crippen LogP contribution in [-0.2, 0) is 12.8 Å². The second-order valence-electron chi connectivity index (χ2n) is 9.43. The van der Waals surface area contributed by atoms with E-state index in [4.69, 9.17) is 29.6 Å². The summed E-state index contributed by atoms with van der Waals surface area (Å²) in [6.45, 7) is 6.74. The lowest BCUT2D eigenvalue weighted by Gasteiger charge is -2.33. The van der Waals surface area contributed by atoms with Crippen molar-refractivity contribution in [1.82, 2.24) is 5.32 Å². The minimum atomic E-state index is -0.484. The number of rotatable bonds is 3. The number of benzene rings is 2. The molecule has 0 aliphatic heterocycles. The molecule has 4 N–H and O–H groups in total. The van der Waals surface area contributed by atoms with Crippen LogP contribution < -0.4 is 16.4 Å². The summed E-state index contributed by atoms with van der Waals surface area (Å²) in [5, 5.41) is 8.60. The summed E-state index contributed by atoms with van der Waals surface area (Å²) in [4.78, 5) is 26.4. The molecule has 172 valence electrons. The first-order valence-corrected chi connectivity index (χ1v) is 12.4. The Kier molecular flexibility index (Phi) is 6.49. The molecule has 0 radical (unpaired) electrons. The van der Waals surface area contributed by atoms with Crippen LogP contribution in [0.3, 0.4) is 0 Å². The number of primary amides is 1. The van der Waals surface area contributed by atoms with Gasteiger partial charge in [0.15, 0.2) is 5.11 Å². The first-order valence-electron chi connectivity index (χ1n) is 10.8. The van der Waals surface area contributed by atoms with Gasteiger partial charge in [0.25, 0.3) is 11.8 Å². The molecule has 4 rings (SSSR count). The van der Waals surface area contributed by atoms with E-state index in [-0.39, 0.29) is 16.4 Å². The summed E-state index contributed by atoms with van der Waals surface area (Å²) in [6.07, 6.45) is 2.72. The SMILES string of the molecule is CC(C)(C)C1CCc2c(sc(NC(=S)NC(=O)c3cccc4c(Cl)cccc34)c2C(N)=O)C1. The van der Waals surface area contributed by atoms with Crippen molar-refractivity contribution < 1.29 is 9.59 Å². The van der Waals surface area contributed by atoms with Gasteiger partial charge in [0, 0.05) is 20.8 Å². The molecule has 5 nitrogen and oxygen atoms in total. The molecule has 1 aliphatic carbocycles. The molecule has 8 heteroatoms. The number of carbonyl (C=O) groups excluding carboxylic acids is 2. The molecule has 0 saturated carbocycles. The van der Waals surface area contributed by atoms with Gasteiger partial charge in [-0.25, -0.2) is 0 Å². The molecule has 0 saturated heterocycles. The highest BCUT2D eigenvalue weighted by Crippen LogP contribution is 2.44. The van der Waals surface area contributed by atoms with Crippen molar-refractivity contribution in [3.05, 3.63) is 63.0 Å². The van der Waals surface area contributed by atoms with Crippen LogP contribution in [0.5, 0.6) is 0 Å². The molecule has 0 fully saturated rings. The van der Waals surface area contributed by atoms with Crippen molar-refractivity contribution in [1.29, 1.82) is 0 Å². The molecule has 1 aliphatic rings. The van der Waals surface area contributed by atoms with Crippen LogP contribution in [0.15, 0.2) is 36.4 Å². The number of hydrogen-bond acceptors (Lipinski definition) is 4. The van der Waals surface area contributed by atoms with Crippen LogP contribution in [0.2, 0.25) is 5.02 Å². The zero-order chi connectivity index (χ0) is 23.9. The van der Waals surface area contributed by atoms with Crippen molar-refractivity contribution in [3.63, 3.8) is 0 Å². The molecule has 3 aromatic rings. The Balaban J connectivity index is 1.56. The lowest BCUT2D eigenvalue weighted by atomic mass is 9.72. The van der Waals surface area contributed by atoms with Crippen LogP contribution in [0.1, 0.15) is 58.3 Å². The summed E-state index contributed by atoms with van der Waals surface area (Å²) in [5.74, 6) is -0.306. The monoisotopic (exact) mass is 499 g/mol. The van der Waals surface area contributed by atoms with E-state index in [1.54, 1.807) is 24.3 Å². The predicted octanol–water partition coefficient (Wildman–Crippen LogP) is 5.93. The van der Waals surface area contributed by atoms with Gasteiger partial charge in [0.1, 0.15) is 5.00 Å². The van der Waals surface area contributed by atoms with Gasteiger partial charge in [-0.15, -0.1) is 11.3 Å². The Morgan fingerprint density at radius 2 is 1.85 bits per heavy atom. The van der Waals surface area contributed by atoms with Gasteiger partial charge in [0.05, 0.1) is 5.56 Å². The molecule has 1 heterocycles. The average molecular weight is 500 g/mol. The highest BCUT2D eigenvalue weighted by Gasteiger charge is 2.33. The van der Waals surface area contributed by atoms with Crippen molar-refractivity contribution in [2.45, 2.75) is 40.0 Å². The molecule has 0 spiro atoms. The first-order chi connectivity index (χ1) is 15.6. The van der Waals surface area contributed by atoms with Gasteiger partial charge in [-0.2, -0.15) is 0 Å². The third kappa shape index (κ3) is 4.76. The van der Waals surface area contributed by atoms with Gasteiger partial charge in [0.2, 0.25) is 0 Å². The standard InChI is InChI=1S/C25H26ClN3O2S2/c1-25(2,3)13-10-11-17-19(12-13)33-23(20(17)21(27)30)29-24(32)28-22(31)16-8-4-7-15-14(16)6-5-9-18(15)26/h4-9,13H,10-12H2,1-3H3,(H2,27,30)(H2,28,29,31,32). The fourth-order valence-corrected chi connectivity index (χ4v) is 6.28. The summed E-state index contributed by atoms with van der Waals surface area (Å²) in [7, 11) is 0. The predicted molar refractivity (Wildman–Crippen MR) is 140 cm³/mol. The molecule has 1 aromatic heterocycles. The number of halogens is 1. The second-order valence-corrected chi connectivity index (χ2v) is 11.3. The molecule has 2 amide bonds. The number of hydrogen-bond donors (Lipinski definition) is 3. The number of nitrogens with two attached hydrogens (primary N) is 1. The quantitative estimate of drug-likeness (QED) is 0.390. The van der Waals surface area contributed by atoms with Crippen molar-refractivity contribution >= 4 is 67.9 Å². The van der Waals surface area contributed by atoms with Crippen LogP contribution in [-0.4, -0.2) is 16.9 Å². The first kappa shape index (κ1) is 23.7. The molecular formula is C25H26ClN3O2S2. The van der Waals surface area contributed by atoms with E-state index in [2.05, 4.69) is 31.4 Å². The number of thiophene rings is 1. The van der Waals surface area contributed by atoms with Crippen molar-refractivity contribution in [2.75, 3.05) is 5.32 Å². The zero-order valence-electron chi connectivity index (χ0n) is 18.8. The molecule has 33 heavy (non-hydrogen) atoms. The van der Waals surface area contributed by atoms with E-state index in [0.29, 0.717) is 27.1 Å². The Bertz CT molecular complexity index is 1280. The number of thiocarbonyl (C=S) groups is 1. The fraction of sp³-hybridized carbons (Fsp3) is 0.320. The summed E-state index contributed by atoms with van der Waals surface area (Å²) < 4.78 is 0. The van der Waals surface area contributed by atoms with Crippen LogP contribution in [0, 0.1) is 11.3 Å². The van der Waals surface area contributed by atoms with Gasteiger partial charge in [-0.1, -0.05) is 56.6 Å².